The number of allylic oxidation sites excluding steroid dienone is 1. The standard InChI is InChI=1S/C28H37NO/c1-21(2)30-18-12-8-6-7-9-13-22-16-17-24-23-14-10-11-15-25(23)27(26(24)19-22)29-20-28(3,4)5/h9-11,13-17,19,21H,6-8,12,18,20H2,1-5H3/b13-9+,29-27?. The molecule has 1 aliphatic carbocycles. The maximum Gasteiger partial charge on any atom is 0.0731 e. The van der Waals surface area contributed by atoms with Crippen molar-refractivity contribution in [2.75, 3.05) is 13.2 Å². The SMILES string of the molecule is CC(C)OCCCCC/C=C/c1ccc2c(c1)C(=NCC(C)(C)C)c1ccccc1-2. The van der Waals surface area contributed by atoms with E-state index in [1.54, 1.807) is 0 Å². The summed E-state index contributed by atoms with van der Waals surface area (Å²) in [6, 6.07) is 15.5. The van der Waals surface area contributed by atoms with Crippen LogP contribution in [0.15, 0.2) is 53.5 Å². The molecule has 3 rings (SSSR count). The van der Waals surface area contributed by atoms with Crippen molar-refractivity contribution >= 4 is 11.8 Å². The van der Waals surface area contributed by atoms with Gasteiger partial charge in [0.25, 0.3) is 0 Å². The predicted molar refractivity (Wildman–Crippen MR) is 130 cm³/mol. The Morgan fingerprint density at radius 2 is 1.63 bits per heavy atom. The molecule has 0 saturated carbocycles. The molecule has 2 nitrogen and oxygen atoms in total. The first kappa shape index (κ1) is 22.5. The largest absolute Gasteiger partial charge is 0.379 e. The van der Waals surface area contributed by atoms with Gasteiger partial charge in [0.1, 0.15) is 0 Å². The lowest BCUT2D eigenvalue weighted by Crippen LogP contribution is -2.12. The van der Waals surface area contributed by atoms with Gasteiger partial charge in [0.2, 0.25) is 0 Å². The van der Waals surface area contributed by atoms with Gasteiger partial charge in [-0.25, -0.2) is 0 Å². The van der Waals surface area contributed by atoms with E-state index in [4.69, 9.17) is 9.73 Å². The Morgan fingerprint density at radius 1 is 0.900 bits per heavy atom. The van der Waals surface area contributed by atoms with Crippen LogP contribution in [0.25, 0.3) is 17.2 Å². The van der Waals surface area contributed by atoms with Crippen molar-refractivity contribution < 1.29 is 4.74 Å². The average Bonchev–Trinajstić information content (AvgIpc) is 3.00. The van der Waals surface area contributed by atoms with E-state index in [-0.39, 0.29) is 5.41 Å². The molecule has 2 aromatic carbocycles. The van der Waals surface area contributed by atoms with Gasteiger partial charge in [-0.3, -0.25) is 4.99 Å². The molecule has 0 spiro atoms. The van der Waals surface area contributed by atoms with Crippen molar-refractivity contribution in [3.05, 3.63) is 65.2 Å². The molecule has 160 valence electrons. The third kappa shape index (κ3) is 6.15. The highest BCUT2D eigenvalue weighted by Crippen LogP contribution is 2.38. The molecule has 0 aliphatic heterocycles. The number of benzene rings is 2. The number of unbranched alkanes of at least 4 members (excludes halogenated alkanes) is 3. The fraction of sp³-hybridized carbons (Fsp3) is 0.464. The molecular formula is C28H37NO. The minimum Gasteiger partial charge on any atom is -0.379 e. The van der Waals surface area contributed by atoms with E-state index in [2.05, 4.69) is 89.2 Å². The van der Waals surface area contributed by atoms with E-state index >= 15 is 0 Å². The Hall–Kier alpha value is -2.19. The first-order chi connectivity index (χ1) is 14.3. The molecule has 30 heavy (non-hydrogen) atoms. The van der Waals surface area contributed by atoms with Crippen LogP contribution in [0.3, 0.4) is 0 Å². The highest BCUT2D eigenvalue weighted by molar-refractivity contribution is 6.24. The molecule has 0 aromatic heterocycles. The smallest absolute Gasteiger partial charge is 0.0731 e. The molecule has 0 amide bonds. The summed E-state index contributed by atoms with van der Waals surface area (Å²) in [6.45, 7) is 12.6. The van der Waals surface area contributed by atoms with Crippen molar-refractivity contribution in [2.24, 2.45) is 10.4 Å². The van der Waals surface area contributed by atoms with Crippen molar-refractivity contribution in [3.63, 3.8) is 0 Å². The molecule has 0 unspecified atom stereocenters. The van der Waals surface area contributed by atoms with Gasteiger partial charge < -0.3 is 4.74 Å². The zero-order chi connectivity index (χ0) is 21.6. The minimum atomic E-state index is 0.183. The van der Waals surface area contributed by atoms with Gasteiger partial charge in [0, 0.05) is 24.3 Å². The Bertz CT molecular complexity index is 899. The van der Waals surface area contributed by atoms with E-state index in [0.29, 0.717) is 6.10 Å². The highest BCUT2D eigenvalue weighted by atomic mass is 16.5. The molecule has 0 bridgehead atoms. The number of ether oxygens (including phenoxy) is 1. The summed E-state index contributed by atoms with van der Waals surface area (Å²) in [4.78, 5) is 5.05. The molecule has 0 atom stereocenters. The van der Waals surface area contributed by atoms with E-state index in [1.165, 1.54) is 40.7 Å². The summed E-state index contributed by atoms with van der Waals surface area (Å²) in [5.41, 5.74) is 7.74. The number of hydrogen-bond acceptors (Lipinski definition) is 2. The molecule has 0 heterocycles. The van der Waals surface area contributed by atoms with Crippen molar-refractivity contribution in [3.8, 4) is 11.1 Å². The summed E-state index contributed by atoms with van der Waals surface area (Å²) in [5, 5.41) is 0. The number of aliphatic imine (C=N–C) groups is 1. The highest BCUT2D eigenvalue weighted by Gasteiger charge is 2.25. The van der Waals surface area contributed by atoms with Gasteiger partial charge in [0.15, 0.2) is 0 Å². The van der Waals surface area contributed by atoms with Crippen molar-refractivity contribution in [1.82, 2.24) is 0 Å². The third-order valence-corrected chi connectivity index (χ3v) is 5.26. The second kappa shape index (κ2) is 10.2. The van der Waals surface area contributed by atoms with Gasteiger partial charge >= 0.3 is 0 Å². The Morgan fingerprint density at radius 3 is 2.37 bits per heavy atom. The monoisotopic (exact) mass is 403 g/mol. The quantitative estimate of drug-likeness (QED) is 0.338. The second-order valence-corrected chi connectivity index (χ2v) is 9.75. The predicted octanol–water partition coefficient (Wildman–Crippen LogP) is 7.55. The van der Waals surface area contributed by atoms with Crippen LogP contribution in [0.4, 0.5) is 0 Å². The lowest BCUT2D eigenvalue weighted by atomic mass is 9.97. The van der Waals surface area contributed by atoms with Crippen molar-refractivity contribution in [1.29, 1.82) is 0 Å². The van der Waals surface area contributed by atoms with Crippen LogP contribution in [-0.4, -0.2) is 25.0 Å². The number of hydrogen-bond donors (Lipinski definition) is 0. The van der Waals surface area contributed by atoms with Crippen LogP contribution in [0, 0.1) is 5.41 Å². The van der Waals surface area contributed by atoms with Crippen LogP contribution in [0.5, 0.6) is 0 Å². The molecule has 0 radical (unpaired) electrons. The summed E-state index contributed by atoms with van der Waals surface area (Å²) in [7, 11) is 0. The van der Waals surface area contributed by atoms with E-state index in [1.807, 2.05) is 0 Å². The zero-order valence-electron chi connectivity index (χ0n) is 19.4. The summed E-state index contributed by atoms with van der Waals surface area (Å²) < 4.78 is 5.61. The van der Waals surface area contributed by atoms with Crippen molar-refractivity contribution in [2.45, 2.75) is 66.4 Å². The van der Waals surface area contributed by atoms with Crippen LogP contribution in [0.2, 0.25) is 0 Å². The molecular weight excluding hydrogens is 366 g/mol. The zero-order valence-corrected chi connectivity index (χ0v) is 19.4. The maximum absolute atomic E-state index is 5.61. The van der Waals surface area contributed by atoms with Gasteiger partial charge in [0.05, 0.1) is 11.8 Å². The van der Waals surface area contributed by atoms with Gasteiger partial charge in [-0.1, -0.05) is 75.7 Å². The normalized spacial score (nSPS) is 14.7. The first-order valence-electron chi connectivity index (χ1n) is 11.4. The van der Waals surface area contributed by atoms with Crippen LogP contribution >= 0.6 is 0 Å². The molecule has 0 N–H and O–H groups in total. The number of nitrogens with zero attached hydrogens (tertiary/aromatic N) is 1. The molecule has 0 fully saturated rings. The Kier molecular flexibility index (Phi) is 7.66. The molecule has 2 aromatic rings. The van der Waals surface area contributed by atoms with Crippen LogP contribution in [0.1, 0.15) is 77.0 Å². The number of fused-ring (bicyclic) bond motifs is 3. The minimum absolute atomic E-state index is 0.183. The van der Waals surface area contributed by atoms with Crippen LogP contribution < -0.4 is 0 Å². The fourth-order valence-electron chi connectivity index (χ4n) is 3.73. The fourth-order valence-corrected chi connectivity index (χ4v) is 3.73. The topological polar surface area (TPSA) is 21.6 Å². The Labute approximate surface area is 183 Å². The lowest BCUT2D eigenvalue weighted by molar-refractivity contribution is 0.0758. The maximum atomic E-state index is 5.61. The van der Waals surface area contributed by atoms with E-state index < -0.39 is 0 Å². The van der Waals surface area contributed by atoms with E-state index in [0.717, 1.165) is 31.7 Å². The third-order valence-electron chi connectivity index (χ3n) is 5.26. The summed E-state index contributed by atoms with van der Waals surface area (Å²) >= 11 is 0. The molecule has 0 saturated heterocycles. The second-order valence-electron chi connectivity index (χ2n) is 9.75. The Balaban J connectivity index is 1.68. The average molecular weight is 404 g/mol. The molecule has 2 heteroatoms. The van der Waals surface area contributed by atoms with Gasteiger partial charge in [-0.2, -0.15) is 0 Å². The summed E-state index contributed by atoms with van der Waals surface area (Å²) in [5.74, 6) is 0. The van der Waals surface area contributed by atoms with Gasteiger partial charge in [-0.05, 0) is 61.3 Å². The lowest BCUT2D eigenvalue weighted by Gasteiger charge is -2.15. The van der Waals surface area contributed by atoms with E-state index in [9.17, 15) is 0 Å². The van der Waals surface area contributed by atoms with Crippen LogP contribution in [-0.2, 0) is 4.74 Å². The molecule has 1 aliphatic rings. The summed E-state index contributed by atoms with van der Waals surface area (Å²) in [6.07, 6.45) is 9.61. The number of rotatable bonds is 9. The van der Waals surface area contributed by atoms with Gasteiger partial charge in [-0.15, -0.1) is 0 Å². The first-order valence-corrected chi connectivity index (χ1v) is 11.4.